The molecule has 1 atom stereocenters. The minimum absolute atomic E-state index is 0.441. The minimum Gasteiger partial charge on any atom is -0.284 e. The van der Waals surface area contributed by atoms with E-state index in [1.54, 1.807) is 0 Å². The van der Waals surface area contributed by atoms with Crippen LogP contribution >= 0.6 is 0 Å². The van der Waals surface area contributed by atoms with E-state index < -0.39 is 19.4 Å². The van der Waals surface area contributed by atoms with Gasteiger partial charge in [-0.15, -0.1) is 0 Å². The van der Waals surface area contributed by atoms with E-state index in [0.717, 1.165) is 0 Å². The highest BCUT2D eigenvalue weighted by Crippen LogP contribution is 2.00. The lowest BCUT2D eigenvalue weighted by molar-refractivity contribution is 0.353. The molecule has 9 heavy (non-hydrogen) atoms. The van der Waals surface area contributed by atoms with Gasteiger partial charge in [0.15, 0.2) is 0 Å². The van der Waals surface area contributed by atoms with E-state index in [2.05, 4.69) is 23.8 Å². The summed E-state index contributed by atoms with van der Waals surface area (Å²) in [6.07, 6.45) is 0.441. The van der Waals surface area contributed by atoms with Gasteiger partial charge < -0.3 is 0 Å². The van der Waals surface area contributed by atoms with Crippen LogP contribution in [0.5, 0.6) is 0 Å². The Labute approximate surface area is 58.9 Å². The normalized spacial score (nSPS) is 15.6. The van der Waals surface area contributed by atoms with E-state index in [0.29, 0.717) is 6.23 Å². The Hall–Kier alpha value is 0.287. The minimum atomic E-state index is -2.08. The maximum Gasteiger partial charge on any atom is 0.301 e. The first-order valence-corrected chi connectivity index (χ1v) is 7.40. The fourth-order valence-electron chi connectivity index (χ4n) is 0.227. The molecule has 0 saturated heterocycles. The van der Waals surface area contributed by atoms with Crippen LogP contribution in [-0.4, -0.2) is 23.1 Å². The molecule has 0 saturated carbocycles. The lowest BCUT2D eigenvalue weighted by Gasteiger charge is -2.12. The van der Waals surface area contributed by atoms with E-state index in [9.17, 15) is 4.21 Å². The van der Waals surface area contributed by atoms with E-state index in [-0.39, 0.29) is 0 Å². The Morgan fingerprint density at radius 2 is 2.00 bits per heavy atom. The van der Waals surface area contributed by atoms with Crippen molar-refractivity contribution < 1.29 is 12.9 Å². The summed E-state index contributed by atoms with van der Waals surface area (Å²) in [4.78, 5) is 0. The summed E-state index contributed by atoms with van der Waals surface area (Å²) < 4.78 is 22.6. The van der Waals surface area contributed by atoms with Gasteiger partial charge in [-0.3, -0.25) is 8.74 Å². The van der Waals surface area contributed by atoms with Gasteiger partial charge in [0.1, 0.15) is 0 Å². The molecule has 56 valence electrons. The fraction of sp³-hybridized carbons (Fsp3) is 1.00. The molecule has 0 aliphatic carbocycles. The largest absolute Gasteiger partial charge is 0.301 e. The van der Waals surface area contributed by atoms with E-state index in [1.807, 2.05) is 0 Å². The van der Waals surface area contributed by atoms with Gasteiger partial charge in [-0.05, 0) is 0 Å². The zero-order valence-corrected chi connectivity index (χ0v) is 7.70. The van der Waals surface area contributed by atoms with Gasteiger partial charge in [0.05, 0.1) is 14.3 Å². The van der Waals surface area contributed by atoms with Crippen molar-refractivity contribution in [1.82, 2.24) is 0 Å². The van der Waals surface area contributed by atoms with Crippen molar-refractivity contribution >= 4 is 19.4 Å². The van der Waals surface area contributed by atoms with Crippen LogP contribution in [0.2, 0.25) is 19.6 Å². The van der Waals surface area contributed by atoms with Crippen molar-refractivity contribution in [1.29, 1.82) is 0 Å². The monoisotopic (exact) mass is 168 g/mol. The van der Waals surface area contributed by atoms with Gasteiger partial charge in [0.2, 0.25) is 0 Å². The van der Waals surface area contributed by atoms with Crippen LogP contribution < -0.4 is 0 Å². The van der Waals surface area contributed by atoms with Crippen molar-refractivity contribution in [3.8, 4) is 0 Å². The van der Waals surface area contributed by atoms with Crippen molar-refractivity contribution in [3.05, 3.63) is 0 Å². The predicted molar refractivity (Wildman–Crippen MR) is 40.1 cm³/mol. The van der Waals surface area contributed by atoms with Crippen molar-refractivity contribution in [2.24, 2.45) is 0 Å². The summed E-state index contributed by atoms with van der Waals surface area (Å²) in [6.45, 7) is 6.21. The lowest BCUT2D eigenvalue weighted by atomic mass is 11.7. The van der Waals surface area contributed by atoms with Crippen LogP contribution in [0.3, 0.4) is 0 Å². The standard InChI is InChI=1S/C4H12O3SSi/c1-9(2,3)4-7-8(5)6/h4H2,1-3H3,(H,5,6). The molecular weight excluding hydrogens is 156 g/mol. The Balaban J connectivity index is 3.39. The average Bonchev–Trinajstić information content (AvgIpc) is 1.59. The molecule has 0 spiro atoms. The molecule has 0 aromatic rings. The predicted octanol–water partition coefficient (Wildman–Crippen LogP) is 1.02. The second kappa shape index (κ2) is 3.45. The first-order valence-electron chi connectivity index (χ1n) is 2.66. The molecule has 0 aromatic carbocycles. The second-order valence-corrected chi connectivity index (χ2v) is 9.12. The molecule has 5 heteroatoms. The maximum absolute atomic E-state index is 9.96. The van der Waals surface area contributed by atoms with Gasteiger partial charge in [-0.1, -0.05) is 19.6 Å². The van der Waals surface area contributed by atoms with Gasteiger partial charge in [0.25, 0.3) is 0 Å². The highest BCUT2D eigenvalue weighted by molar-refractivity contribution is 7.74. The van der Waals surface area contributed by atoms with E-state index in [1.165, 1.54) is 0 Å². The van der Waals surface area contributed by atoms with Gasteiger partial charge in [0, 0.05) is 0 Å². The van der Waals surface area contributed by atoms with Crippen LogP contribution in [0, 0.1) is 0 Å². The quantitative estimate of drug-likeness (QED) is 0.505. The molecule has 0 aliphatic heterocycles. The Bertz CT molecular complexity index is 109. The van der Waals surface area contributed by atoms with Gasteiger partial charge in [-0.25, -0.2) is 0 Å². The third-order valence-electron chi connectivity index (χ3n) is 0.593. The van der Waals surface area contributed by atoms with Gasteiger partial charge in [-0.2, -0.15) is 4.21 Å². The highest BCUT2D eigenvalue weighted by atomic mass is 32.2. The van der Waals surface area contributed by atoms with Crippen molar-refractivity contribution in [2.45, 2.75) is 19.6 Å². The Kier molecular flexibility index (Phi) is 3.56. The van der Waals surface area contributed by atoms with Crippen LogP contribution in [-0.2, 0) is 15.5 Å². The molecule has 0 bridgehead atoms. The molecule has 0 aromatic heterocycles. The zero-order chi connectivity index (χ0) is 7.49. The third-order valence-corrected chi connectivity index (χ3v) is 2.13. The summed E-state index contributed by atoms with van der Waals surface area (Å²) in [6, 6.07) is 0. The first-order chi connectivity index (χ1) is 3.92. The number of rotatable bonds is 3. The van der Waals surface area contributed by atoms with Crippen LogP contribution in [0.15, 0.2) is 0 Å². The molecule has 0 rings (SSSR count). The second-order valence-electron chi connectivity index (χ2n) is 3.04. The summed E-state index contributed by atoms with van der Waals surface area (Å²) in [5.74, 6) is 0. The Morgan fingerprint density at radius 3 is 2.11 bits per heavy atom. The SMILES string of the molecule is C[Si](C)(C)COS(=O)O. The molecule has 0 heterocycles. The van der Waals surface area contributed by atoms with E-state index in [4.69, 9.17) is 4.55 Å². The van der Waals surface area contributed by atoms with Crippen molar-refractivity contribution in [3.63, 3.8) is 0 Å². The lowest BCUT2D eigenvalue weighted by Crippen LogP contribution is -2.28. The van der Waals surface area contributed by atoms with Crippen LogP contribution in [0.25, 0.3) is 0 Å². The fourth-order valence-corrected chi connectivity index (χ4v) is 2.04. The number of hydrogen-bond acceptors (Lipinski definition) is 2. The molecule has 0 aliphatic rings. The summed E-state index contributed by atoms with van der Waals surface area (Å²) in [7, 11) is -1.30. The Morgan fingerprint density at radius 1 is 1.56 bits per heavy atom. The topological polar surface area (TPSA) is 46.5 Å². The number of hydrogen-bond donors (Lipinski definition) is 1. The summed E-state index contributed by atoms with van der Waals surface area (Å²) >= 11 is -2.08. The molecule has 0 fully saturated rings. The smallest absolute Gasteiger partial charge is 0.284 e. The first kappa shape index (κ1) is 9.29. The summed E-state index contributed by atoms with van der Waals surface area (Å²) in [5.41, 5.74) is 0. The molecule has 1 unspecified atom stereocenters. The van der Waals surface area contributed by atoms with Crippen LogP contribution in [0.4, 0.5) is 0 Å². The maximum atomic E-state index is 9.96. The summed E-state index contributed by atoms with van der Waals surface area (Å²) in [5, 5.41) is 0. The average molecular weight is 168 g/mol. The zero-order valence-electron chi connectivity index (χ0n) is 5.88. The highest BCUT2D eigenvalue weighted by Gasteiger charge is 2.14. The van der Waals surface area contributed by atoms with Crippen LogP contribution in [0.1, 0.15) is 0 Å². The van der Waals surface area contributed by atoms with Crippen molar-refractivity contribution in [2.75, 3.05) is 6.23 Å². The van der Waals surface area contributed by atoms with E-state index >= 15 is 0 Å². The molecular formula is C4H12O3SSi. The third kappa shape index (κ3) is 8.29. The molecule has 0 radical (unpaired) electrons. The molecule has 3 nitrogen and oxygen atoms in total. The van der Waals surface area contributed by atoms with Gasteiger partial charge >= 0.3 is 11.4 Å². The molecule has 1 N–H and O–H groups in total. The molecule has 0 amide bonds.